The third-order valence-electron chi connectivity index (χ3n) is 4.18. The molecule has 0 atom stereocenters. The topological polar surface area (TPSA) is 87.8 Å². The Morgan fingerprint density at radius 3 is 2.37 bits per heavy atom. The van der Waals surface area contributed by atoms with Crippen LogP contribution in [0.5, 0.6) is 11.5 Å². The smallest absolute Gasteiger partial charge is 0.348 e. The fourth-order valence-corrected chi connectivity index (χ4v) is 4.06. The predicted octanol–water partition coefficient (Wildman–Crippen LogP) is 4.43. The van der Waals surface area contributed by atoms with Crippen LogP contribution in [0.3, 0.4) is 0 Å². The number of hydrogen-bond donors (Lipinski definition) is 1. The van der Waals surface area contributed by atoms with Gasteiger partial charge in [-0.1, -0.05) is 6.07 Å². The van der Waals surface area contributed by atoms with Crippen LogP contribution in [0.2, 0.25) is 0 Å². The van der Waals surface area contributed by atoms with Gasteiger partial charge in [0.15, 0.2) is 17.4 Å². The van der Waals surface area contributed by atoms with Gasteiger partial charge >= 0.3 is 5.97 Å². The number of benzene rings is 2. The van der Waals surface area contributed by atoms with Gasteiger partial charge in [-0.3, -0.25) is 4.79 Å². The number of halogens is 2. The standard InChI is InChI=1S/C21H19F2NO5S/c1-3-27-15-6-5-7-16-17(15)12(19(30-16)21(26)28-4-2)10-29-18-13(22)8-11(20(24)25)9-14(18)23/h5-9H,3-4,10H2,1-2H3,(H2,24,25). The molecule has 0 saturated carbocycles. The number of ether oxygens (including phenoxy) is 3. The zero-order valence-electron chi connectivity index (χ0n) is 16.3. The number of primary amides is 1. The summed E-state index contributed by atoms with van der Waals surface area (Å²) in [5.74, 6) is -3.84. The number of nitrogens with two attached hydrogens (primary N) is 1. The molecule has 0 fully saturated rings. The lowest BCUT2D eigenvalue weighted by molar-refractivity contribution is 0.0529. The molecule has 0 aliphatic heterocycles. The Hall–Kier alpha value is -3.20. The molecule has 6 nitrogen and oxygen atoms in total. The highest BCUT2D eigenvalue weighted by atomic mass is 32.1. The highest BCUT2D eigenvalue weighted by Crippen LogP contribution is 2.39. The van der Waals surface area contributed by atoms with E-state index in [4.69, 9.17) is 19.9 Å². The van der Waals surface area contributed by atoms with Crippen LogP contribution in [0.4, 0.5) is 8.78 Å². The molecule has 0 bridgehead atoms. The van der Waals surface area contributed by atoms with Crippen molar-refractivity contribution in [1.82, 2.24) is 0 Å². The Morgan fingerprint density at radius 1 is 1.07 bits per heavy atom. The average Bonchev–Trinajstić information content (AvgIpc) is 3.07. The largest absolute Gasteiger partial charge is 0.493 e. The van der Waals surface area contributed by atoms with E-state index in [-0.39, 0.29) is 23.7 Å². The second-order valence-corrected chi connectivity index (χ2v) is 7.17. The Balaban J connectivity index is 2.05. The number of hydrogen-bond acceptors (Lipinski definition) is 6. The molecule has 30 heavy (non-hydrogen) atoms. The molecule has 1 amide bonds. The number of carbonyl (C=O) groups excluding carboxylic acids is 2. The van der Waals surface area contributed by atoms with Crippen LogP contribution >= 0.6 is 11.3 Å². The van der Waals surface area contributed by atoms with Crippen LogP contribution in [0.15, 0.2) is 30.3 Å². The maximum Gasteiger partial charge on any atom is 0.348 e. The molecule has 0 spiro atoms. The van der Waals surface area contributed by atoms with Crippen LogP contribution < -0.4 is 15.2 Å². The molecular formula is C21H19F2NO5S. The van der Waals surface area contributed by atoms with Gasteiger partial charge in [-0.15, -0.1) is 11.3 Å². The number of esters is 1. The summed E-state index contributed by atoms with van der Waals surface area (Å²) < 4.78 is 45.5. The third-order valence-corrected chi connectivity index (χ3v) is 5.36. The summed E-state index contributed by atoms with van der Waals surface area (Å²) in [5.41, 5.74) is 5.15. The van der Waals surface area contributed by atoms with Crippen LogP contribution in [-0.4, -0.2) is 25.1 Å². The molecule has 0 aliphatic rings. The van der Waals surface area contributed by atoms with Gasteiger partial charge in [-0.05, 0) is 38.1 Å². The van der Waals surface area contributed by atoms with E-state index < -0.39 is 29.3 Å². The Bertz CT molecular complexity index is 1090. The van der Waals surface area contributed by atoms with Gasteiger partial charge in [0.05, 0.1) is 13.2 Å². The van der Waals surface area contributed by atoms with Crippen molar-refractivity contribution >= 4 is 33.3 Å². The molecule has 3 aromatic rings. The first-order valence-corrected chi connectivity index (χ1v) is 9.94. The van der Waals surface area contributed by atoms with E-state index in [2.05, 4.69) is 0 Å². The van der Waals surface area contributed by atoms with Gasteiger partial charge < -0.3 is 19.9 Å². The summed E-state index contributed by atoms with van der Waals surface area (Å²) in [7, 11) is 0. The van der Waals surface area contributed by atoms with Gasteiger partial charge in [0.2, 0.25) is 5.91 Å². The molecule has 0 unspecified atom stereocenters. The van der Waals surface area contributed by atoms with Crippen molar-refractivity contribution in [2.75, 3.05) is 13.2 Å². The van der Waals surface area contributed by atoms with E-state index in [1.54, 1.807) is 25.1 Å². The minimum Gasteiger partial charge on any atom is -0.493 e. The van der Waals surface area contributed by atoms with E-state index >= 15 is 0 Å². The van der Waals surface area contributed by atoms with Crippen molar-refractivity contribution in [3.05, 3.63) is 58.0 Å². The Labute approximate surface area is 175 Å². The first-order valence-electron chi connectivity index (χ1n) is 9.13. The maximum absolute atomic E-state index is 14.3. The lowest BCUT2D eigenvalue weighted by Gasteiger charge is -2.12. The van der Waals surface area contributed by atoms with E-state index in [1.807, 2.05) is 6.92 Å². The average molecular weight is 435 g/mol. The lowest BCUT2D eigenvalue weighted by Crippen LogP contribution is -2.13. The maximum atomic E-state index is 14.3. The molecule has 0 saturated heterocycles. The van der Waals surface area contributed by atoms with Crippen molar-refractivity contribution in [3.8, 4) is 11.5 Å². The first-order chi connectivity index (χ1) is 14.4. The zero-order valence-corrected chi connectivity index (χ0v) is 17.1. The Kier molecular flexibility index (Phi) is 6.51. The molecule has 1 heterocycles. The number of amides is 1. The molecule has 0 aliphatic carbocycles. The second kappa shape index (κ2) is 9.08. The minimum atomic E-state index is -1.08. The summed E-state index contributed by atoms with van der Waals surface area (Å²) in [6.07, 6.45) is 0. The van der Waals surface area contributed by atoms with Crippen molar-refractivity contribution in [2.45, 2.75) is 20.5 Å². The highest BCUT2D eigenvalue weighted by molar-refractivity contribution is 7.21. The second-order valence-electron chi connectivity index (χ2n) is 6.11. The monoisotopic (exact) mass is 435 g/mol. The van der Waals surface area contributed by atoms with E-state index in [1.165, 1.54) is 11.3 Å². The minimum absolute atomic E-state index is 0.170. The fourth-order valence-electron chi connectivity index (χ4n) is 2.94. The Morgan fingerprint density at radius 2 is 1.77 bits per heavy atom. The third kappa shape index (κ3) is 4.20. The zero-order chi connectivity index (χ0) is 21.8. The molecule has 0 radical (unpaired) electrons. The number of rotatable bonds is 8. The van der Waals surface area contributed by atoms with Crippen LogP contribution in [-0.2, 0) is 11.3 Å². The summed E-state index contributed by atoms with van der Waals surface area (Å²) in [5, 5.41) is 0.613. The van der Waals surface area contributed by atoms with Crippen molar-refractivity contribution in [2.24, 2.45) is 5.73 Å². The van der Waals surface area contributed by atoms with Crippen LogP contribution in [0.25, 0.3) is 10.1 Å². The molecule has 158 valence electrons. The summed E-state index contributed by atoms with van der Waals surface area (Å²) >= 11 is 1.18. The summed E-state index contributed by atoms with van der Waals surface area (Å²) in [6, 6.07) is 6.91. The van der Waals surface area contributed by atoms with E-state index in [0.29, 0.717) is 23.3 Å². The highest BCUT2D eigenvalue weighted by Gasteiger charge is 2.24. The van der Waals surface area contributed by atoms with Crippen molar-refractivity contribution < 1.29 is 32.6 Å². The van der Waals surface area contributed by atoms with Crippen molar-refractivity contribution in [1.29, 1.82) is 0 Å². The lowest BCUT2D eigenvalue weighted by atomic mass is 10.1. The molecule has 3 rings (SSSR count). The van der Waals surface area contributed by atoms with Crippen molar-refractivity contribution in [3.63, 3.8) is 0 Å². The van der Waals surface area contributed by atoms with Crippen LogP contribution in [0.1, 0.15) is 39.4 Å². The van der Waals surface area contributed by atoms with Gasteiger partial charge in [-0.25, -0.2) is 13.6 Å². The van der Waals surface area contributed by atoms with Gasteiger partial charge in [-0.2, -0.15) is 0 Å². The van der Waals surface area contributed by atoms with E-state index in [0.717, 1.165) is 16.8 Å². The van der Waals surface area contributed by atoms with Crippen LogP contribution in [0, 0.1) is 11.6 Å². The normalized spacial score (nSPS) is 10.8. The fraction of sp³-hybridized carbons (Fsp3) is 0.238. The number of thiophene rings is 1. The summed E-state index contributed by atoms with van der Waals surface area (Å²) in [6.45, 7) is 3.74. The predicted molar refractivity (Wildman–Crippen MR) is 108 cm³/mol. The number of carbonyl (C=O) groups is 2. The van der Waals surface area contributed by atoms with E-state index in [9.17, 15) is 18.4 Å². The van der Waals surface area contributed by atoms with Gasteiger partial charge in [0.1, 0.15) is 17.2 Å². The van der Waals surface area contributed by atoms with Gasteiger partial charge in [0, 0.05) is 21.2 Å². The van der Waals surface area contributed by atoms with Gasteiger partial charge in [0.25, 0.3) is 0 Å². The summed E-state index contributed by atoms with van der Waals surface area (Å²) in [4.78, 5) is 23.9. The first kappa shape index (κ1) is 21.5. The quantitative estimate of drug-likeness (QED) is 0.529. The molecule has 9 heteroatoms. The molecule has 1 aromatic heterocycles. The molecular weight excluding hydrogens is 416 g/mol. The molecule has 2 aromatic carbocycles. The number of fused-ring (bicyclic) bond motifs is 1. The SMILES string of the molecule is CCOC(=O)c1sc2cccc(OCC)c2c1COc1c(F)cc(C(N)=O)cc1F. The molecule has 2 N–H and O–H groups in total.